The van der Waals surface area contributed by atoms with Gasteiger partial charge in [0.1, 0.15) is 0 Å². The lowest BCUT2D eigenvalue weighted by Gasteiger charge is -2.05. The number of carbonyl (C=O) groups excluding carboxylic acids is 2. The molecule has 0 saturated carbocycles. The van der Waals surface area contributed by atoms with E-state index in [1.165, 1.54) is 23.5 Å². The van der Waals surface area contributed by atoms with Gasteiger partial charge in [-0.2, -0.15) is 0 Å². The third-order valence-corrected chi connectivity index (χ3v) is 5.38. The standard InChI is InChI=1S/C17H12O2S2/c18-14-11-15(19)17(21-13-9-5-2-6-10-13)16(14)20-12-7-3-1-4-8-12/h1-10H,11H2. The van der Waals surface area contributed by atoms with Gasteiger partial charge in [-0.1, -0.05) is 59.9 Å². The van der Waals surface area contributed by atoms with E-state index in [1.807, 2.05) is 60.7 Å². The number of Topliss-reactive ketones (excluding diaryl/α,β-unsaturated/α-hetero) is 2. The highest BCUT2D eigenvalue weighted by Crippen LogP contribution is 2.42. The van der Waals surface area contributed by atoms with Gasteiger partial charge < -0.3 is 0 Å². The van der Waals surface area contributed by atoms with Gasteiger partial charge in [0.25, 0.3) is 0 Å². The van der Waals surface area contributed by atoms with Gasteiger partial charge in [0.15, 0.2) is 11.6 Å². The second-order valence-electron chi connectivity index (χ2n) is 4.51. The summed E-state index contributed by atoms with van der Waals surface area (Å²) in [6.07, 6.45) is -0.00959. The van der Waals surface area contributed by atoms with Gasteiger partial charge in [0.2, 0.25) is 0 Å². The SMILES string of the molecule is O=C1CC(=O)C(Sc2ccccc2)=C1Sc1ccccc1. The van der Waals surface area contributed by atoms with Crippen LogP contribution in [0.15, 0.2) is 80.3 Å². The molecule has 0 amide bonds. The van der Waals surface area contributed by atoms with Crippen molar-refractivity contribution in [3.63, 3.8) is 0 Å². The Morgan fingerprint density at radius 3 is 1.38 bits per heavy atom. The van der Waals surface area contributed by atoms with Gasteiger partial charge in [0, 0.05) is 9.79 Å². The Balaban J connectivity index is 1.92. The topological polar surface area (TPSA) is 34.1 Å². The van der Waals surface area contributed by atoms with Crippen LogP contribution >= 0.6 is 23.5 Å². The maximum Gasteiger partial charge on any atom is 0.178 e. The lowest BCUT2D eigenvalue weighted by molar-refractivity contribution is -0.120. The van der Waals surface area contributed by atoms with Crippen molar-refractivity contribution in [3.05, 3.63) is 70.5 Å². The number of hydrogen-bond acceptors (Lipinski definition) is 4. The summed E-state index contributed by atoms with van der Waals surface area (Å²) >= 11 is 2.76. The summed E-state index contributed by atoms with van der Waals surface area (Å²) in [7, 11) is 0. The molecule has 4 heteroatoms. The quantitative estimate of drug-likeness (QED) is 0.787. The molecule has 2 aromatic carbocycles. The second kappa shape index (κ2) is 6.33. The zero-order valence-corrected chi connectivity index (χ0v) is 12.7. The molecule has 21 heavy (non-hydrogen) atoms. The van der Waals surface area contributed by atoms with Crippen molar-refractivity contribution in [1.82, 2.24) is 0 Å². The second-order valence-corrected chi connectivity index (χ2v) is 6.68. The van der Waals surface area contributed by atoms with Crippen molar-refractivity contribution >= 4 is 35.1 Å². The summed E-state index contributed by atoms with van der Waals surface area (Å²) in [6, 6.07) is 19.3. The van der Waals surface area contributed by atoms with Gasteiger partial charge in [-0.05, 0) is 24.3 Å². The first-order chi connectivity index (χ1) is 10.2. The molecule has 0 bridgehead atoms. The van der Waals surface area contributed by atoms with Crippen LogP contribution in [0.1, 0.15) is 6.42 Å². The van der Waals surface area contributed by atoms with E-state index in [0.29, 0.717) is 9.81 Å². The molecule has 1 aliphatic carbocycles. The average molecular weight is 312 g/mol. The van der Waals surface area contributed by atoms with Gasteiger partial charge in [-0.25, -0.2) is 0 Å². The van der Waals surface area contributed by atoms with Crippen LogP contribution in [-0.4, -0.2) is 11.6 Å². The van der Waals surface area contributed by atoms with Crippen LogP contribution in [0.3, 0.4) is 0 Å². The van der Waals surface area contributed by atoms with Gasteiger partial charge >= 0.3 is 0 Å². The van der Waals surface area contributed by atoms with E-state index >= 15 is 0 Å². The van der Waals surface area contributed by atoms with Crippen molar-refractivity contribution in [2.45, 2.75) is 16.2 Å². The Hall–Kier alpha value is -1.78. The van der Waals surface area contributed by atoms with E-state index < -0.39 is 0 Å². The zero-order chi connectivity index (χ0) is 14.7. The van der Waals surface area contributed by atoms with E-state index in [2.05, 4.69) is 0 Å². The Morgan fingerprint density at radius 1 is 0.619 bits per heavy atom. The molecule has 104 valence electrons. The molecular weight excluding hydrogens is 300 g/mol. The normalized spacial score (nSPS) is 14.9. The molecule has 0 N–H and O–H groups in total. The predicted octanol–water partition coefficient (Wildman–Crippen LogP) is 4.32. The summed E-state index contributed by atoms with van der Waals surface area (Å²) in [6.45, 7) is 0. The molecule has 0 radical (unpaired) electrons. The average Bonchev–Trinajstić information content (AvgIpc) is 2.76. The van der Waals surface area contributed by atoms with E-state index in [4.69, 9.17) is 0 Å². The van der Waals surface area contributed by atoms with Crippen LogP contribution in [0, 0.1) is 0 Å². The minimum Gasteiger partial charge on any atom is -0.293 e. The Bertz CT molecular complexity index is 645. The maximum absolute atomic E-state index is 12.1. The van der Waals surface area contributed by atoms with Crippen LogP contribution in [0.2, 0.25) is 0 Å². The molecule has 1 aliphatic rings. The van der Waals surface area contributed by atoms with Crippen molar-refractivity contribution in [1.29, 1.82) is 0 Å². The van der Waals surface area contributed by atoms with E-state index in [1.54, 1.807) is 0 Å². The number of hydrogen-bond donors (Lipinski definition) is 0. The molecule has 2 nitrogen and oxygen atoms in total. The number of rotatable bonds is 4. The first kappa shape index (κ1) is 14.2. The third kappa shape index (κ3) is 3.28. The van der Waals surface area contributed by atoms with Gasteiger partial charge in [0.05, 0.1) is 16.2 Å². The number of allylic oxidation sites excluding steroid dienone is 2. The number of thioether (sulfide) groups is 2. The molecule has 3 rings (SSSR count). The lowest BCUT2D eigenvalue weighted by Crippen LogP contribution is -1.95. The molecule has 0 unspecified atom stereocenters. The zero-order valence-electron chi connectivity index (χ0n) is 11.1. The molecule has 0 fully saturated rings. The Kier molecular flexibility index (Phi) is 4.27. The maximum atomic E-state index is 12.1. The lowest BCUT2D eigenvalue weighted by atomic mass is 10.3. The highest BCUT2D eigenvalue weighted by atomic mass is 32.2. The smallest absolute Gasteiger partial charge is 0.178 e. The van der Waals surface area contributed by atoms with Crippen LogP contribution in [-0.2, 0) is 9.59 Å². The molecule has 0 saturated heterocycles. The molecular formula is C17H12O2S2. The van der Waals surface area contributed by atoms with E-state index in [0.717, 1.165) is 9.79 Å². The summed E-state index contributed by atoms with van der Waals surface area (Å²) < 4.78 is 0. The minimum atomic E-state index is -0.0766. The highest BCUT2D eigenvalue weighted by Gasteiger charge is 2.31. The highest BCUT2D eigenvalue weighted by molar-refractivity contribution is 8.08. The molecule has 0 spiro atoms. The van der Waals surface area contributed by atoms with Crippen molar-refractivity contribution in [2.24, 2.45) is 0 Å². The van der Waals surface area contributed by atoms with E-state index in [-0.39, 0.29) is 18.0 Å². The fraction of sp³-hybridized carbons (Fsp3) is 0.0588. The first-order valence-corrected chi connectivity index (χ1v) is 8.14. The fourth-order valence-electron chi connectivity index (χ4n) is 1.98. The summed E-state index contributed by atoms with van der Waals surface area (Å²) in [4.78, 5) is 27.2. The van der Waals surface area contributed by atoms with Crippen LogP contribution < -0.4 is 0 Å². The van der Waals surface area contributed by atoms with Gasteiger partial charge in [-0.3, -0.25) is 9.59 Å². The van der Waals surface area contributed by atoms with Crippen LogP contribution in [0.5, 0.6) is 0 Å². The largest absolute Gasteiger partial charge is 0.293 e. The predicted molar refractivity (Wildman–Crippen MR) is 86.3 cm³/mol. The summed E-state index contributed by atoms with van der Waals surface area (Å²) in [5.41, 5.74) is 0. The Labute approximate surface area is 131 Å². The van der Waals surface area contributed by atoms with E-state index in [9.17, 15) is 9.59 Å². The minimum absolute atomic E-state index is 0.00959. The number of ketones is 2. The molecule has 0 aromatic heterocycles. The Morgan fingerprint density at radius 2 is 1.00 bits per heavy atom. The van der Waals surface area contributed by atoms with Crippen molar-refractivity contribution < 1.29 is 9.59 Å². The molecule has 2 aromatic rings. The fourth-order valence-corrected chi connectivity index (χ4v) is 4.07. The number of benzene rings is 2. The van der Waals surface area contributed by atoms with Gasteiger partial charge in [-0.15, -0.1) is 0 Å². The first-order valence-electron chi connectivity index (χ1n) is 6.50. The summed E-state index contributed by atoms with van der Waals surface area (Å²) in [5.74, 6) is -0.153. The molecule has 0 atom stereocenters. The molecule has 0 aliphatic heterocycles. The van der Waals surface area contributed by atoms with Crippen molar-refractivity contribution in [3.8, 4) is 0 Å². The monoisotopic (exact) mass is 312 g/mol. The number of carbonyl (C=O) groups is 2. The summed E-state index contributed by atoms with van der Waals surface area (Å²) in [5, 5.41) is 0. The van der Waals surface area contributed by atoms with Crippen molar-refractivity contribution in [2.75, 3.05) is 0 Å². The van der Waals surface area contributed by atoms with Crippen LogP contribution in [0.25, 0.3) is 0 Å². The van der Waals surface area contributed by atoms with Crippen LogP contribution in [0.4, 0.5) is 0 Å². The third-order valence-electron chi connectivity index (χ3n) is 2.96. The molecule has 0 heterocycles.